The van der Waals surface area contributed by atoms with Gasteiger partial charge < -0.3 is 43.1 Å². The molecule has 0 unspecified atom stereocenters. The van der Waals surface area contributed by atoms with Gasteiger partial charge in [-0.3, -0.25) is 9.59 Å². The Morgan fingerprint density at radius 1 is 0.579 bits per heavy atom. The third kappa shape index (κ3) is 11.0. The van der Waals surface area contributed by atoms with E-state index < -0.39 is 0 Å². The molecule has 0 bridgehead atoms. The van der Waals surface area contributed by atoms with Gasteiger partial charge >= 0.3 is 0 Å². The molecule has 0 radical (unpaired) electrons. The van der Waals surface area contributed by atoms with Gasteiger partial charge in [-0.15, -0.1) is 0 Å². The van der Waals surface area contributed by atoms with Crippen molar-refractivity contribution in [1.29, 1.82) is 0 Å². The summed E-state index contributed by atoms with van der Waals surface area (Å²) < 4.78 is 31.5. The standard InChI is InChI=1S/C24H42BrN5O8/c1-33-13-7-28(8-14-34-2)22-20(24(32)30(11-17-37-5)12-18-38-6)26-21(25)19(27-22)23(31)29(9-15-35-3)10-16-36-4/h7-18H2,1-6H3. The molecule has 0 spiro atoms. The molecule has 0 atom stereocenters. The van der Waals surface area contributed by atoms with E-state index in [0.717, 1.165) is 0 Å². The van der Waals surface area contributed by atoms with Crippen molar-refractivity contribution in [3.05, 3.63) is 16.0 Å². The minimum absolute atomic E-state index is 0.0731. The molecule has 13 nitrogen and oxygen atoms in total. The molecule has 0 aliphatic carbocycles. The monoisotopic (exact) mass is 607 g/mol. The molecule has 0 aromatic carbocycles. The minimum atomic E-state index is -0.368. The van der Waals surface area contributed by atoms with E-state index in [1.807, 2.05) is 4.90 Å². The molecule has 218 valence electrons. The maximum Gasteiger partial charge on any atom is 0.276 e. The number of carbonyl (C=O) groups is 2. The number of aromatic nitrogens is 2. The van der Waals surface area contributed by atoms with E-state index in [4.69, 9.17) is 33.4 Å². The number of amides is 2. The van der Waals surface area contributed by atoms with Gasteiger partial charge in [0.2, 0.25) is 0 Å². The smallest absolute Gasteiger partial charge is 0.276 e. The second-order valence-electron chi connectivity index (χ2n) is 8.06. The Kier molecular flexibility index (Phi) is 18.0. The summed E-state index contributed by atoms with van der Waals surface area (Å²) in [6.07, 6.45) is 0. The molecule has 1 rings (SSSR count). The van der Waals surface area contributed by atoms with Crippen LogP contribution in [0.3, 0.4) is 0 Å². The SMILES string of the molecule is COCCN(CCOC)C(=O)c1nc(N(CCOC)CCOC)c(C(=O)N(CCOC)CCOC)nc1Br. The molecule has 0 fully saturated rings. The number of anilines is 1. The lowest BCUT2D eigenvalue weighted by molar-refractivity contribution is 0.0609. The third-order valence-electron chi connectivity index (χ3n) is 5.51. The van der Waals surface area contributed by atoms with Gasteiger partial charge in [-0.25, -0.2) is 9.97 Å². The molecule has 14 heteroatoms. The summed E-state index contributed by atoms with van der Waals surface area (Å²) in [5, 5.41) is 0. The van der Waals surface area contributed by atoms with Crippen LogP contribution in [0.5, 0.6) is 0 Å². The van der Waals surface area contributed by atoms with Crippen LogP contribution in [0.4, 0.5) is 5.82 Å². The lowest BCUT2D eigenvalue weighted by atomic mass is 10.2. The van der Waals surface area contributed by atoms with Crippen LogP contribution < -0.4 is 4.90 Å². The van der Waals surface area contributed by atoms with Gasteiger partial charge in [-0.2, -0.15) is 0 Å². The summed E-state index contributed by atoms with van der Waals surface area (Å²) >= 11 is 3.39. The molecule has 0 aliphatic heterocycles. The molecule has 0 saturated heterocycles. The van der Waals surface area contributed by atoms with Crippen LogP contribution in [0.2, 0.25) is 0 Å². The van der Waals surface area contributed by atoms with E-state index in [0.29, 0.717) is 78.9 Å². The van der Waals surface area contributed by atoms with Gasteiger partial charge in [0.15, 0.2) is 17.2 Å². The second-order valence-corrected chi connectivity index (χ2v) is 8.81. The molecule has 0 aliphatic rings. The van der Waals surface area contributed by atoms with Crippen molar-refractivity contribution in [2.45, 2.75) is 0 Å². The number of nitrogens with zero attached hydrogens (tertiary/aromatic N) is 5. The summed E-state index contributed by atoms with van der Waals surface area (Å²) in [7, 11) is 9.44. The average molecular weight is 609 g/mol. The number of hydrogen-bond acceptors (Lipinski definition) is 11. The fourth-order valence-corrected chi connectivity index (χ4v) is 3.80. The summed E-state index contributed by atoms with van der Waals surface area (Å²) in [5.74, 6) is -0.474. The largest absolute Gasteiger partial charge is 0.383 e. The fourth-order valence-electron chi connectivity index (χ4n) is 3.37. The second kappa shape index (κ2) is 20.0. The predicted octanol–water partition coefficient (Wildman–Crippen LogP) is 0.808. The molecule has 2 amide bonds. The normalized spacial score (nSPS) is 11.0. The first-order valence-corrected chi connectivity index (χ1v) is 13.0. The van der Waals surface area contributed by atoms with Gasteiger partial charge in [-0.05, 0) is 15.9 Å². The van der Waals surface area contributed by atoms with Crippen LogP contribution in [0.15, 0.2) is 4.60 Å². The molecule has 1 heterocycles. The van der Waals surface area contributed by atoms with E-state index >= 15 is 0 Å². The first-order valence-electron chi connectivity index (χ1n) is 12.2. The maximum atomic E-state index is 13.8. The van der Waals surface area contributed by atoms with Gasteiger partial charge in [0.25, 0.3) is 11.8 Å². The van der Waals surface area contributed by atoms with Gasteiger partial charge in [0, 0.05) is 81.9 Å². The number of halogens is 1. The summed E-state index contributed by atoms with van der Waals surface area (Å²) in [5.41, 5.74) is 0.164. The molecule has 1 aromatic heterocycles. The molecule has 38 heavy (non-hydrogen) atoms. The number of carbonyl (C=O) groups excluding carboxylic acids is 2. The Morgan fingerprint density at radius 2 is 0.921 bits per heavy atom. The van der Waals surface area contributed by atoms with Gasteiger partial charge in [-0.1, -0.05) is 0 Å². The highest BCUT2D eigenvalue weighted by Gasteiger charge is 2.30. The molecule has 0 saturated carbocycles. The van der Waals surface area contributed by atoms with E-state index in [1.165, 1.54) is 0 Å². The van der Waals surface area contributed by atoms with Crippen LogP contribution in [0, 0.1) is 0 Å². The molecular formula is C24H42BrN5O8. The van der Waals surface area contributed by atoms with Crippen LogP contribution in [-0.4, -0.2) is 153 Å². The van der Waals surface area contributed by atoms with Crippen LogP contribution in [0.1, 0.15) is 21.0 Å². The number of rotatable bonds is 21. The maximum absolute atomic E-state index is 13.8. The van der Waals surface area contributed by atoms with Crippen LogP contribution in [0.25, 0.3) is 0 Å². The topological polar surface area (TPSA) is 125 Å². The number of hydrogen-bond donors (Lipinski definition) is 0. The zero-order chi connectivity index (χ0) is 28.3. The Labute approximate surface area is 233 Å². The average Bonchev–Trinajstić information content (AvgIpc) is 2.92. The zero-order valence-corrected chi connectivity index (χ0v) is 25.0. The van der Waals surface area contributed by atoms with Crippen molar-refractivity contribution < 1.29 is 38.0 Å². The van der Waals surface area contributed by atoms with Crippen molar-refractivity contribution in [3.8, 4) is 0 Å². The zero-order valence-electron chi connectivity index (χ0n) is 23.4. The van der Waals surface area contributed by atoms with Crippen molar-refractivity contribution in [1.82, 2.24) is 19.8 Å². The lowest BCUT2D eigenvalue weighted by Gasteiger charge is -2.28. The van der Waals surface area contributed by atoms with Crippen LogP contribution >= 0.6 is 15.9 Å². The van der Waals surface area contributed by atoms with Gasteiger partial charge in [0.05, 0.1) is 39.6 Å². The van der Waals surface area contributed by atoms with Crippen LogP contribution in [-0.2, 0) is 28.4 Å². The highest BCUT2D eigenvalue weighted by molar-refractivity contribution is 9.10. The highest BCUT2D eigenvalue weighted by Crippen LogP contribution is 2.25. The van der Waals surface area contributed by atoms with E-state index in [1.54, 1.807) is 52.5 Å². The summed E-state index contributed by atoms with van der Waals surface area (Å²) in [6.45, 7) is 4.20. The molecule has 1 aromatic rings. The lowest BCUT2D eigenvalue weighted by Crippen LogP contribution is -2.41. The number of ether oxygens (including phenoxy) is 6. The van der Waals surface area contributed by atoms with E-state index in [-0.39, 0.29) is 33.6 Å². The first kappa shape index (κ1) is 34.1. The Hall–Kier alpha value is -1.94. The van der Waals surface area contributed by atoms with Crippen molar-refractivity contribution in [2.75, 3.05) is 126 Å². The van der Waals surface area contributed by atoms with Crippen molar-refractivity contribution in [2.24, 2.45) is 0 Å². The first-order chi connectivity index (χ1) is 18.4. The molecular weight excluding hydrogens is 566 g/mol. The van der Waals surface area contributed by atoms with E-state index in [9.17, 15) is 9.59 Å². The quantitative estimate of drug-likeness (QED) is 0.197. The minimum Gasteiger partial charge on any atom is -0.383 e. The Morgan fingerprint density at radius 3 is 1.29 bits per heavy atom. The predicted molar refractivity (Wildman–Crippen MR) is 145 cm³/mol. The van der Waals surface area contributed by atoms with Crippen molar-refractivity contribution in [3.63, 3.8) is 0 Å². The summed E-state index contributed by atoms with van der Waals surface area (Å²) in [6, 6.07) is 0. The highest BCUT2D eigenvalue weighted by atomic mass is 79.9. The fraction of sp³-hybridized carbons (Fsp3) is 0.750. The number of methoxy groups -OCH3 is 6. The van der Waals surface area contributed by atoms with Crippen molar-refractivity contribution >= 4 is 33.6 Å². The summed E-state index contributed by atoms with van der Waals surface area (Å²) in [4.78, 5) is 41.6. The Balaban J connectivity index is 3.63. The Bertz CT molecular complexity index is 811. The molecule has 0 N–H and O–H groups in total. The van der Waals surface area contributed by atoms with E-state index in [2.05, 4.69) is 20.9 Å². The van der Waals surface area contributed by atoms with Gasteiger partial charge in [0.1, 0.15) is 4.60 Å². The third-order valence-corrected chi connectivity index (χ3v) is 6.06.